The first-order chi connectivity index (χ1) is 6.76. The highest BCUT2D eigenvalue weighted by molar-refractivity contribution is 6.36. The van der Waals surface area contributed by atoms with Crippen LogP contribution in [-0.4, -0.2) is 42.6 Å². The van der Waals surface area contributed by atoms with E-state index in [-0.39, 0.29) is 0 Å². The summed E-state index contributed by atoms with van der Waals surface area (Å²) in [7, 11) is 3.05. The molecule has 0 amide bonds. The second kappa shape index (κ2) is 3.90. The summed E-state index contributed by atoms with van der Waals surface area (Å²) in [6.07, 6.45) is 4.96. The van der Waals surface area contributed by atoms with Crippen molar-refractivity contribution in [3.8, 4) is 0 Å². The van der Waals surface area contributed by atoms with Gasteiger partial charge in [0.25, 0.3) is 0 Å². The maximum atomic E-state index is 5.41. The summed E-state index contributed by atoms with van der Waals surface area (Å²) >= 11 is 0. The van der Waals surface area contributed by atoms with E-state index in [1.165, 1.54) is 19.3 Å². The third kappa shape index (κ3) is 1.75. The molecule has 4 nitrogen and oxygen atoms in total. The molecule has 82 valence electrons. The fraction of sp³-hybridized carbons (Fsp3) is 1.00. The van der Waals surface area contributed by atoms with Crippen molar-refractivity contribution in [1.82, 2.24) is 0 Å². The van der Waals surface area contributed by atoms with Gasteiger partial charge in [-0.3, -0.25) is 0 Å². The number of epoxide rings is 1. The molecule has 3 atom stereocenters. The zero-order valence-corrected chi connectivity index (χ0v) is 10.1. The van der Waals surface area contributed by atoms with Crippen LogP contribution in [0.3, 0.4) is 0 Å². The Balaban J connectivity index is 0.000000107. The van der Waals surface area contributed by atoms with Crippen LogP contribution in [0.2, 0.25) is 0 Å². The summed E-state index contributed by atoms with van der Waals surface area (Å²) in [6, 6.07) is 0. The molecule has 1 heterocycles. The predicted molar refractivity (Wildman–Crippen MR) is 53.1 cm³/mol. The van der Waals surface area contributed by atoms with E-state index in [0.717, 1.165) is 12.0 Å². The number of ether oxygens (including phenoxy) is 1. The smallest absolute Gasteiger partial charge is 0.379 e. The van der Waals surface area contributed by atoms with Gasteiger partial charge < -0.3 is 18.0 Å². The second-order valence-corrected chi connectivity index (χ2v) is 6.03. The van der Waals surface area contributed by atoms with Crippen LogP contribution in [0.15, 0.2) is 0 Å². The van der Waals surface area contributed by atoms with Crippen molar-refractivity contribution >= 4 is 9.53 Å². The lowest BCUT2D eigenvalue weighted by Crippen LogP contribution is -2.21. The Morgan fingerprint density at radius 2 is 1.79 bits per heavy atom. The highest BCUT2D eigenvalue weighted by Crippen LogP contribution is 2.70. The Bertz CT molecular complexity index is 181. The Morgan fingerprint density at radius 1 is 1.14 bits per heavy atom. The zero-order valence-electron chi connectivity index (χ0n) is 8.99. The first kappa shape index (κ1) is 10.6. The molecular weight excluding hydrogens is 200 g/mol. The quantitative estimate of drug-likeness (QED) is 0.513. The summed E-state index contributed by atoms with van der Waals surface area (Å²) in [5.74, 6) is 1.01. The van der Waals surface area contributed by atoms with Gasteiger partial charge in [0, 0.05) is 21.3 Å². The molecule has 2 saturated carbocycles. The fourth-order valence-electron chi connectivity index (χ4n) is 2.39. The minimum atomic E-state index is -1.67. The molecule has 1 aliphatic heterocycles. The van der Waals surface area contributed by atoms with Gasteiger partial charge in [-0.25, -0.2) is 0 Å². The van der Waals surface area contributed by atoms with E-state index in [2.05, 4.69) is 0 Å². The van der Waals surface area contributed by atoms with Crippen molar-refractivity contribution in [2.45, 2.75) is 31.0 Å². The average Bonchev–Trinajstić information content (AvgIpc) is 3.08. The van der Waals surface area contributed by atoms with Crippen molar-refractivity contribution in [3.05, 3.63) is 0 Å². The highest BCUT2D eigenvalue weighted by atomic mass is 28.3. The largest absolute Gasteiger partial charge is 0.483 e. The molecular formula is C9H18O4Si. The van der Waals surface area contributed by atoms with Crippen molar-refractivity contribution in [2.24, 2.45) is 5.92 Å². The lowest BCUT2D eigenvalue weighted by Gasteiger charge is -2.05. The summed E-state index contributed by atoms with van der Waals surface area (Å²) in [5.41, 5.74) is 0.528. The Kier molecular flexibility index (Phi) is 2.95. The molecule has 0 radical (unpaired) electrons. The first-order valence-electron chi connectivity index (χ1n) is 5.03. The normalized spacial score (nSPS) is 41.1. The topological polar surface area (TPSA) is 40.2 Å². The molecule has 3 aliphatic rings. The average molecular weight is 218 g/mol. The lowest BCUT2D eigenvalue weighted by molar-refractivity contribution is 0.163. The lowest BCUT2D eigenvalue weighted by atomic mass is 10.2. The molecule has 5 heteroatoms. The van der Waals surface area contributed by atoms with Crippen LogP contribution in [0.4, 0.5) is 0 Å². The van der Waals surface area contributed by atoms with E-state index in [0.29, 0.717) is 5.60 Å². The molecule has 1 saturated heterocycles. The summed E-state index contributed by atoms with van der Waals surface area (Å²) in [5, 5.41) is 0. The molecule has 0 N–H and O–H groups in total. The van der Waals surface area contributed by atoms with Crippen molar-refractivity contribution < 1.29 is 18.0 Å². The molecule has 0 bridgehead atoms. The van der Waals surface area contributed by atoms with Gasteiger partial charge in [-0.05, 0) is 25.2 Å². The van der Waals surface area contributed by atoms with Crippen molar-refractivity contribution in [3.63, 3.8) is 0 Å². The maximum Gasteiger partial charge on any atom is 0.483 e. The number of rotatable bonds is 3. The Labute approximate surface area is 86.4 Å². The molecule has 0 aromatic heterocycles. The van der Waals surface area contributed by atoms with Crippen molar-refractivity contribution in [1.29, 1.82) is 0 Å². The molecule has 3 fully saturated rings. The van der Waals surface area contributed by atoms with Crippen LogP contribution in [0.5, 0.6) is 0 Å². The minimum Gasteiger partial charge on any atom is -0.379 e. The predicted octanol–water partition coefficient (Wildman–Crippen LogP) is 0.580. The van der Waals surface area contributed by atoms with Crippen LogP contribution >= 0.6 is 0 Å². The van der Waals surface area contributed by atoms with Crippen LogP contribution in [-0.2, 0) is 18.0 Å². The first-order valence-corrected chi connectivity index (χ1v) is 6.44. The fourth-order valence-corrected chi connectivity index (χ4v) is 2.96. The standard InChI is InChI=1S/C6H8O.C3H10O3Si/c1-2-5-6(7-5)3-4(1)6;1-4-7(5-2)6-3/h4-5H,1-3H2;7H,1-3H3. The van der Waals surface area contributed by atoms with Gasteiger partial charge in [0.1, 0.15) is 0 Å². The summed E-state index contributed by atoms with van der Waals surface area (Å²) in [6.45, 7) is 0. The third-order valence-corrected chi connectivity index (χ3v) is 4.46. The Hall–Kier alpha value is 0.0569. The van der Waals surface area contributed by atoms with E-state index < -0.39 is 9.53 Å². The zero-order chi connectivity index (χ0) is 10.2. The third-order valence-electron chi connectivity index (χ3n) is 3.30. The van der Waals surface area contributed by atoms with Gasteiger partial charge in [-0.1, -0.05) is 0 Å². The van der Waals surface area contributed by atoms with E-state index >= 15 is 0 Å². The minimum absolute atomic E-state index is 0.528. The number of hydrogen-bond acceptors (Lipinski definition) is 4. The molecule has 14 heavy (non-hydrogen) atoms. The van der Waals surface area contributed by atoms with E-state index in [9.17, 15) is 0 Å². The van der Waals surface area contributed by atoms with Gasteiger partial charge in [0.05, 0.1) is 11.7 Å². The van der Waals surface area contributed by atoms with Crippen LogP contribution in [0.1, 0.15) is 19.3 Å². The van der Waals surface area contributed by atoms with Gasteiger partial charge in [0.2, 0.25) is 0 Å². The molecule has 3 rings (SSSR count). The SMILES string of the molecule is C1CC2OC23CC13.CO[SiH](OC)OC. The molecule has 0 aromatic rings. The van der Waals surface area contributed by atoms with Crippen molar-refractivity contribution in [2.75, 3.05) is 21.3 Å². The number of hydrogen-bond donors (Lipinski definition) is 0. The van der Waals surface area contributed by atoms with E-state index in [4.69, 9.17) is 18.0 Å². The molecule has 3 unspecified atom stereocenters. The Morgan fingerprint density at radius 3 is 1.86 bits per heavy atom. The van der Waals surface area contributed by atoms with Crippen LogP contribution in [0.25, 0.3) is 0 Å². The molecule has 2 aliphatic carbocycles. The molecule has 0 aromatic carbocycles. The highest BCUT2D eigenvalue weighted by Gasteiger charge is 2.76. The van der Waals surface area contributed by atoms with Gasteiger partial charge in [-0.15, -0.1) is 0 Å². The van der Waals surface area contributed by atoms with E-state index in [1.807, 2.05) is 0 Å². The molecule has 1 spiro atoms. The van der Waals surface area contributed by atoms with Gasteiger partial charge in [-0.2, -0.15) is 0 Å². The second-order valence-electron chi connectivity index (χ2n) is 4.04. The van der Waals surface area contributed by atoms with Gasteiger partial charge in [0.15, 0.2) is 0 Å². The summed E-state index contributed by atoms with van der Waals surface area (Å²) in [4.78, 5) is 0. The monoisotopic (exact) mass is 218 g/mol. The van der Waals surface area contributed by atoms with Crippen LogP contribution < -0.4 is 0 Å². The van der Waals surface area contributed by atoms with Gasteiger partial charge >= 0.3 is 9.53 Å². The summed E-state index contributed by atoms with van der Waals surface area (Å²) < 4.78 is 19.6. The van der Waals surface area contributed by atoms with E-state index in [1.54, 1.807) is 21.3 Å². The maximum absolute atomic E-state index is 5.41. The van der Waals surface area contributed by atoms with Crippen LogP contribution in [0, 0.1) is 5.92 Å².